The van der Waals surface area contributed by atoms with Gasteiger partial charge in [-0.15, -0.1) is 0 Å². The fourth-order valence-corrected chi connectivity index (χ4v) is 4.71. The summed E-state index contributed by atoms with van der Waals surface area (Å²) in [7, 11) is 3.22. The smallest absolute Gasteiger partial charge is 0.311 e. The van der Waals surface area contributed by atoms with Crippen molar-refractivity contribution in [3.05, 3.63) is 0 Å². The summed E-state index contributed by atoms with van der Waals surface area (Å²) >= 11 is 0. The van der Waals surface area contributed by atoms with Gasteiger partial charge >= 0.3 is 5.97 Å². The second kappa shape index (κ2) is 5.41. The van der Waals surface area contributed by atoms with Gasteiger partial charge in [0.25, 0.3) is 0 Å². The van der Waals surface area contributed by atoms with E-state index in [0.29, 0.717) is 12.3 Å². The SMILES string of the molecule is COCOC12CC3(OCOC)CC1CC3(OC(=O)C(C)(C)C)C2. The Morgan fingerprint density at radius 1 is 1.00 bits per heavy atom. The lowest BCUT2D eigenvalue weighted by Gasteiger charge is -2.40. The molecule has 0 aliphatic heterocycles. The van der Waals surface area contributed by atoms with Crippen molar-refractivity contribution in [2.24, 2.45) is 11.3 Å². The molecule has 4 atom stereocenters. The first-order valence-corrected chi connectivity index (χ1v) is 8.22. The fourth-order valence-electron chi connectivity index (χ4n) is 4.71. The van der Waals surface area contributed by atoms with Crippen molar-refractivity contribution in [3.63, 3.8) is 0 Å². The maximum atomic E-state index is 12.5. The Morgan fingerprint density at radius 2 is 1.57 bits per heavy atom. The van der Waals surface area contributed by atoms with Crippen LogP contribution < -0.4 is 0 Å². The molecule has 4 unspecified atom stereocenters. The van der Waals surface area contributed by atoms with Gasteiger partial charge in [-0.2, -0.15) is 0 Å². The van der Waals surface area contributed by atoms with Crippen LogP contribution in [0.2, 0.25) is 0 Å². The maximum Gasteiger partial charge on any atom is 0.311 e. The van der Waals surface area contributed by atoms with Gasteiger partial charge in [-0.05, 0) is 39.5 Å². The summed E-state index contributed by atoms with van der Waals surface area (Å²) in [5.74, 6) is 0.148. The van der Waals surface area contributed by atoms with E-state index in [0.717, 1.165) is 19.3 Å². The third-order valence-corrected chi connectivity index (χ3v) is 5.71. The van der Waals surface area contributed by atoms with Crippen LogP contribution in [0.25, 0.3) is 0 Å². The number of ether oxygens (including phenoxy) is 5. The van der Waals surface area contributed by atoms with E-state index in [-0.39, 0.29) is 25.2 Å². The molecule has 4 aliphatic carbocycles. The average Bonchev–Trinajstić information content (AvgIpc) is 3.09. The van der Waals surface area contributed by atoms with Crippen molar-refractivity contribution in [2.45, 2.75) is 63.3 Å². The molecule has 4 rings (SSSR count). The van der Waals surface area contributed by atoms with Crippen LogP contribution in [-0.4, -0.2) is 50.6 Å². The van der Waals surface area contributed by atoms with E-state index in [2.05, 4.69) is 0 Å². The molecule has 0 N–H and O–H groups in total. The molecule has 23 heavy (non-hydrogen) atoms. The van der Waals surface area contributed by atoms with Gasteiger partial charge in [0.1, 0.15) is 24.8 Å². The quantitative estimate of drug-likeness (QED) is 0.528. The fraction of sp³-hybridized carbons (Fsp3) is 0.941. The van der Waals surface area contributed by atoms with E-state index in [1.807, 2.05) is 20.8 Å². The third-order valence-electron chi connectivity index (χ3n) is 5.71. The molecule has 6 nitrogen and oxygen atoms in total. The van der Waals surface area contributed by atoms with Crippen molar-refractivity contribution >= 4 is 5.97 Å². The minimum absolute atomic E-state index is 0.187. The molecule has 0 amide bonds. The maximum absolute atomic E-state index is 12.5. The van der Waals surface area contributed by atoms with Crippen LogP contribution >= 0.6 is 0 Å². The van der Waals surface area contributed by atoms with Crippen LogP contribution in [0.4, 0.5) is 0 Å². The first kappa shape index (κ1) is 17.1. The second-order valence-corrected chi connectivity index (χ2v) is 8.25. The number of carbonyl (C=O) groups is 1. The summed E-state index contributed by atoms with van der Waals surface area (Å²) < 4.78 is 28.4. The molecule has 4 saturated carbocycles. The molecular formula is C17H28O6. The summed E-state index contributed by atoms with van der Waals surface area (Å²) in [6.07, 6.45) is 3.05. The van der Waals surface area contributed by atoms with Gasteiger partial charge in [-0.25, -0.2) is 0 Å². The van der Waals surface area contributed by atoms with Gasteiger partial charge in [0.2, 0.25) is 0 Å². The van der Waals surface area contributed by atoms with Gasteiger partial charge < -0.3 is 23.7 Å². The minimum Gasteiger partial charge on any atom is -0.455 e. The Morgan fingerprint density at radius 3 is 2.17 bits per heavy atom. The molecule has 0 aromatic carbocycles. The number of carbonyl (C=O) groups excluding carboxylic acids is 1. The predicted molar refractivity (Wildman–Crippen MR) is 81.6 cm³/mol. The highest BCUT2D eigenvalue weighted by Gasteiger charge is 2.82. The molecule has 0 saturated heterocycles. The normalized spacial score (nSPS) is 41.0. The number of methoxy groups -OCH3 is 2. The van der Waals surface area contributed by atoms with Crippen molar-refractivity contribution in [1.29, 1.82) is 0 Å². The zero-order chi connectivity index (χ0) is 16.9. The molecule has 6 heteroatoms. The van der Waals surface area contributed by atoms with E-state index < -0.39 is 16.6 Å². The minimum atomic E-state index is -0.603. The topological polar surface area (TPSA) is 63.2 Å². The van der Waals surface area contributed by atoms with E-state index in [9.17, 15) is 4.79 Å². The number of esters is 1. The highest BCUT2D eigenvalue weighted by atomic mass is 16.7. The van der Waals surface area contributed by atoms with E-state index in [1.54, 1.807) is 14.2 Å². The van der Waals surface area contributed by atoms with E-state index in [4.69, 9.17) is 23.7 Å². The molecule has 4 fully saturated rings. The van der Waals surface area contributed by atoms with Gasteiger partial charge in [-0.1, -0.05) is 0 Å². The van der Waals surface area contributed by atoms with Crippen molar-refractivity contribution in [3.8, 4) is 0 Å². The molecule has 0 heterocycles. The van der Waals surface area contributed by atoms with Gasteiger partial charge in [0.15, 0.2) is 0 Å². The van der Waals surface area contributed by atoms with Gasteiger partial charge in [-0.3, -0.25) is 4.79 Å². The van der Waals surface area contributed by atoms with E-state index in [1.165, 1.54) is 0 Å². The van der Waals surface area contributed by atoms with Crippen molar-refractivity contribution < 1.29 is 28.5 Å². The van der Waals surface area contributed by atoms with Crippen LogP contribution in [0.5, 0.6) is 0 Å². The Balaban J connectivity index is 1.85. The summed E-state index contributed by atoms with van der Waals surface area (Å²) in [6.45, 7) is 6.06. The van der Waals surface area contributed by atoms with Crippen LogP contribution in [0.3, 0.4) is 0 Å². The molecule has 0 aromatic heterocycles. The number of hydrogen-bond donors (Lipinski definition) is 0. The molecule has 4 aliphatic rings. The summed E-state index contributed by atoms with van der Waals surface area (Å²) in [5, 5.41) is 0. The van der Waals surface area contributed by atoms with Gasteiger partial charge in [0, 0.05) is 27.1 Å². The highest BCUT2D eigenvalue weighted by Crippen LogP contribution is 2.73. The summed E-state index contributed by atoms with van der Waals surface area (Å²) in [5.41, 5.74) is -1.94. The van der Waals surface area contributed by atoms with Crippen molar-refractivity contribution in [2.75, 3.05) is 27.8 Å². The van der Waals surface area contributed by atoms with Crippen molar-refractivity contribution in [1.82, 2.24) is 0 Å². The lowest BCUT2D eigenvalue weighted by molar-refractivity contribution is -0.217. The van der Waals surface area contributed by atoms with Crippen LogP contribution in [0.1, 0.15) is 46.5 Å². The lowest BCUT2D eigenvalue weighted by atomic mass is 9.88. The largest absolute Gasteiger partial charge is 0.455 e. The zero-order valence-corrected chi connectivity index (χ0v) is 14.8. The average molecular weight is 328 g/mol. The molecule has 0 radical (unpaired) electrons. The first-order chi connectivity index (χ1) is 10.7. The van der Waals surface area contributed by atoms with Crippen LogP contribution in [-0.2, 0) is 28.5 Å². The molecule has 132 valence electrons. The third kappa shape index (κ3) is 2.42. The highest BCUT2D eigenvalue weighted by molar-refractivity contribution is 5.76. The van der Waals surface area contributed by atoms with Crippen LogP contribution in [0.15, 0.2) is 0 Å². The zero-order valence-electron chi connectivity index (χ0n) is 14.8. The Bertz CT molecular complexity index is 486. The Labute approximate surface area is 137 Å². The molecule has 0 spiro atoms. The Kier molecular flexibility index (Phi) is 4.03. The summed E-state index contributed by atoms with van der Waals surface area (Å²) in [6, 6.07) is 0. The second-order valence-electron chi connectivity index (χ2n) is 8.25. The van der Waals surface area contributed by atoms with Gasteiger partial charge in [0.05, 0.1) is 11.0 Å². The molecular weight excluding hydrogens is 300 g/mol. The number of hydrogen-bond acceptors (Lipinski definition) is 6. The van der Waals surface area contributed by atoms with Crippen LogP contribution in [0, 0.1) is 11.3 Å². The number of rotatable bonds is 7. The predicted octanol–water partition coefficient (Wildman–Crippen LogP) is 2.25. The summed E-state index contributed by atoms with van der Waals surface area (Å²) in [4.78, 5) is 12.5. The first-order valence-electron chi connectivity index (χ1n) is 8.22. The lowest BCUT2D eigenvalue weighted by Crippen LogP contribution is -2.52. The van der Waals surface area contributed by atoms with E-state index >= 15 is 0 Å². The standard InChI is InChI=1S/C17H28O6/c1-14(2,3)13(18)23-17-7-12-6-16(17,22-11-20-5)8-15(12,9-17)21-10-19-4/h12H,6-11H2,1-5H3. The molecule has 0 aromatic rings. The molecule has 4 bridgehead atoms. The monoisotopic (exact) mass is 328 g/mol. The Hall–Kier alpha value is -0.690.